The summed E-state index contributed by atoms with van der Waals surface area (Å²) in [6.45, 7) is 7.72. The third-order valence-electron chi connectivity index (χ3n) is 2.45. The number of nitrogens with two attached hydrogens (primary N) is 1. The van der Waals surface area contributed by atoms with Gasteiger partial charge in [-0.1, -0.05) is 26.1 Å². The smallest absolute Gasteiger partial charge is 0.315 e. The number of thiocarbonyl (C=S) groups is 1. The fourth-order valence-electron chi connectivity index (χ4n) is 1.35. The van der Waals surface area contributed by atoms with Gasteiger partial charge in [0.1, 0.15) is 0 Å². The maximum Gasteiger partial charge on any atom is 0.315 e. The van der Waals surface area contributed by atoms with Gasteiger partial charge in [-0.2, -0.15) is 0 Å². The highest BCUT2D eigenvalue weighted by Crippen LogP contribution is 2.15. The Hall–Kier alpha value is -0.840. The van der Waals surface area contributed by atoms with Gasteiger partial charge in [0.05, 0.1) is 10.5 Å². The lowest BCUT2D eigenvalue weighted by Gasteiger charge is -2.32. The summed E-state index contributed by atoms with van der Waals surface area (Å²) in [5.74, 6) is 0. The molecule has 0 aliphatic rings. The fourth-order valence-corrected chi connectivity index (χ4v) is 1.69. The molecule has 0 heterocycles. The van der Waals surface area contributed by atoms with Crippen molar-refractivity contribution in [1.82, 2.24) is 10.6 Å². The van der Waals surface area contributed by atoms with Crippen molar-refractivity contribution in [1.29, 1.82) is 0 Å². The van der Waals surface area contributed by atoms with Crippen LogP contribution in [0, 0.1) is 0 Å². The van der Waals surface area contributed by atoms with Gasteiger partial charge in [0.2, 0.25) is 0 Å². The van der Waals surface area contributed by atoms with Crippen molar-refractivity contribution < 1.29 is 4.79 Å². The summed E-state index contributed by atoms with van der Waals surface area (Å²) in [5, 5.41) is 5.60. The van der Waals surface area contributed by atoms with Gasteiger partial charge in [0, 0.05) is 6.04 Å². The van der Waals surface area contributed by atoms with Crippen molar-refractivity contribution in [3.05, 3.63) is 0 Å². The molecule has 0 aromatic rings. The van der Waals surface area contributed by atoms with E-state index in [1.165, 1.54) is 0 Å². The number of nitrogens with one attached hydrogen (secondary N) is 2. The molecule has 0 atom stereocenters. The number of urea groups is 1. The van der Waals surface area contributed by atoms with Gasteiger partial charge in [-0.3, -0.25) is 0 Å². The molecule has 15 heavy (non-hydrogen) atoms. The highest BCUT2D eigenvalue weighted by atomic mass is 32.1. The third kappa shape index (κ3) is 4.03. The summed E-state index contributed by atoms with van der Waals surface area (Å²) in [6, 6.07) is -0.121. The molecule has 0 unspecified atom stereocenters. The zero-order valence-corrected chi connectivity index (χ0v) is 10.7. The molecule has 0 aromatic carbocycles. The van der Waals surface area contributed by atoms with E-state index in [2.05, 4.69) is 10.6 Å². The Labute approximate surface area is 97.0 Å². The molecule has 0 fully saturated rings. The topological polar surface area (TPSA) is 67.2 Å². The molecule has 0 aromatic heterocycles. The van der Waals surface area contributed by atoms with Crippen LogP contribution >= 0.6 is 12.2 Å². The molecule has 4 N–H and O–H groups in total. The minimum Gasteiger partial charge on any atom is -0.391 e. The van der Waals surface area contributed by atoms with Gasteiger partial charge < -0.3 is 16.4 Å². The zero-order valence-electron chi connectivity index (χ0n) is 9.89. The van der Waals surface area contributed by atoms with Crippen LogP contribution in [0.4, 0.5) is 4.79 Å². The van der Waals surface area contributed by atoms with Crippen molar-refractivity contribution in [3.8, 4) is 0 Å². The van der Waals surface area contributed by atoms with Gasteiger partial charge >= 0.3 is 6.03 Å². The van der Waals surface area contributed by atoms with E-state index in [1.54, 1.807) is 0 Å². The summed E-state index contributed by atoms with van der Waals surface area (Å²) < 4.78 is 0. The SMILES string of the molecule is CCC(CC)(NC(=O)NC(C)C)C(N)=S. The molecule has 0 saturated heterocycles. The minimum absolute atomic E-state index is 0.0998. The van der Waals surface area contributed by atoms with E-state index in [9.17, 15) is 4.79 Å². The van der Waals surface area contributed by atoms with E-state index in [4.69, 9.17) is 18.0 Å². The van der Waals surface area contributed by atoms with Crippen LogP contribution in [0.5, 0.6) is 0 Å². The molecule has 0 radical (unpaired) electrons. The van der Waals surface area contributed by atoms with Crippen LogP contribution in [-0.4, -0.2) is 22.6 Å². The molecule has 0 aliphatic heterocycles. The normalized spacial score (nSPS) is 11.3. The Morgan fingerprint density at radius 1 is 1.40 bits per heavy atom. The van der Waals surface area contributed by atoms with Crippen molar-refractivity contribution in [2.45, 2.75) is 52.1 Å². The largest absolute Gasteiger partial charge is 0.391 e. The maximum absolute atomic E-state index is 11.6. The Morgan fingerprint density at radius 2 is 1.87 bits per heavy atom. The monoisotopic (exact) mass is 231 g/mol. The Balaban J connectivity index is 4.54. The molecular weight excluding hydrogens is 210 g/mol. The molecule has 0 saturated carbocycles. The molecule has 5 heteroatoms. The second-order valence-electron chi connectivity index (χ2n) is 3.91. The van der Waals surface area contributed by atoms with Crippen LogP contribution in [0.2, 0.25) is 0 Å². The lowest BCUT2D eigenvalue weighted by Crippen LogP contribution is -2.59. The van der Waals surface area contributed by atoms with Gasteiger partial charge in [-0.05, 0) is 26.7 Å². The van der Waals surface area contributed by atoms with E-state index in [-0.39, 0.29) is 12.1 Å². The van der Waals surface area contributed by atoms with Crippen LogP contribution in [0.15, 0.2) is 0 Å². The van der Waals surface area contributed by atoms with E-state index >= 15 is 0 Å². The highest BCUT2D eigenvalue weighted by Gasteiger charge is 2.31. The van der Waals surface area contributed by atoms with Crippen LogP contribution in [0.1, 0.15) is 40.5 Å². The van der Waals surface area contributed by atoms with Crippen LogP contribution < -0.4 is 16.4 Å². The van der Waals surface area contributed by atoms with E-state index in [0.717, 1.165) is 0 Å². The Kier molecular flexibility index (Phi) is 5.57. The Bertz CT molecular complexity index is 237. The average Bonchev–Trinajstić information content (AvgIpc) is 2.12. The third-order valence-corrected chi connectivity index (χ3v) is 2.84. The van der Waals surface area contributed by atoms with Gasteiger partial charge in [0.25, 0.3) is 0 Å². The predicted molar refractivity (Wildman–Crippen MR) is 66.9 cm³/mol. The number of hydrogen-bond donors (Lipinski definition) is 3. The van der Waals surface area contributed by atoms with Crippen molar-refractivity contribution in [2.24, 2.45) is 5.73 Å². The Morgan fingerprint density at radius 3 is 2.13 bits per heavy atom. The summed E-state index contributed by atoms with van der Waals surface area (Å²) >= 11 is 4.99. The van der Waals surface area contributed by atoms with Gasteiger partial charge in [0.15, 0.2) is 0 Å². The van der Waals surface area contributed by atoms with E-state index in [0.29, 0.717) is 17.8 Å². The van der Waals surface area contributed by atoms with Crippen LogP contribution in [0.3, 0.4) is 0 Å². The zero-order chi connectivity index (χ0) is 12.1. The maximum atomic E-state index is 11.6. The first-order valence-electron chi connectivity index (χ1n) is 5.26. The quantitative estimate of drug-likeness (QED) is 0.629. The number of rotatable bonds is 5. The first kappa shape index (κ1) is 14.2. The predicted octanol–water partition coefficient (Wildman–Crippen LogP) is 1.54. The van der Waals surface area contributed by atoms with Crippen LogP contribution in [-0.2, 0) is 0 Å². The van der Waals surface area contributed by atoms with E-state index < -0.39 is 5.54 Å². The molecule has 0 bridgehead atoms. The average molecular weight is 231 g/mol. The number of carbonyl (C=O) groups excluding carboxylic acids is 1. The summed E-state index contributed by atoms with van der Waals surface area (Å²) in [7, 11) is 0. The van der Waals surface area contributed by atoms with Crippen molar-refractivity contribution >= 4 is 23.2 Å². The second-order valence-corrected chi connectivity index (χ2v) is 4.35. The first-order chi connectivity index (χ1) is 6.88. The first-order valence-corrected chi connectivity index (χ1v) is 5.67. The van der Waals surface area contributed by atoms with Crippen molar-refractivity contribution in [2.75, 3.05) is 0 Å². The molecule has 0 spiro atoms. The second kappa shape index (κ2) is 5.90. The fraction of sp³-hybridized carbons (Fsp3) is 0.800. The molecular formula is C10H21N3OS. The number of carbonyl (C=O) groups is 1. The van der Waals surface area contributed by atoms with E-state index in [1.807, 2.05) is 27.7 Å². The van der Waals surface area contributed by atoms with Gasteiger partial charge in [-0.25, -0.2) is 4.79 Å². The van der Waals surface area contributed by atoms with Gasteiger partial charge in [-0.15, -0.1) is 0 Å². The molecule has 0 rings (SSSR count). The standard InChI is InChI=1S/C10H21N3OS/c1-5-10(6-2,8(11)15)13-9(14)12-7(3)4/h7H,5-6H2,1-4H3,(H2,11,15)(H2,12,13,14). The number of hydrogen-bond acceptors (Lipinski definition) is 2. The minimum atomic E-state index is -0.561. The molecule has 4 nitrogen and oxygen atoms in total. The molecule has 88 valence electrons. The van der Waals surface area contributed by atoms with Crippen LogP contribution in [0.25, 0.3) is 0 Å². The summed E-state index contributed by atoms with van der Waals surface area (Å²) in [5.41, 5.74) is 5.10. The lowest BCUT2D eigenvalue weighted by molar-refractivity contribution is 0.229. The van der Waals surface area contributed by atoms with Crippen molar-refractivity contribution in [3.63, 3.8) is 0 Å². The molecule has 2 amide bonds. The highest BCUT2D eigenvalue weighted by molar-refractivity contribution is 7.80. The summed E-state index contributed by atoms with van der Waals surface area (Å²) in [4.78, 5) is 11.9. The number of amides is 2. The molecule has 0 aliphatic carbocycles. The lowest BCUT2D eigenvalue weighted by atomic mass is 9.93. The summed E-state index contributed by atoms with van der Waals surface area (Å²) in [6.07, 6.45) is 1.40.